The fourth-order valence-corrected chi connectivity index (χ4v) is 2.27. The molecule has 25 heavy (non-hydrogen) atoms. The molecule has 0 saturated carbocycles. The standard InChI is InChI=1S/C20H25NO4/c1-14(2)24-18-9-5-7-16(11-18)13-21-20(22)15(3)25-19-10-6-8-17(12-19)23-4/h5-12,14-15H,13H2,1-4H3,(H,21,22). The minimum Gasteiger partial charge on any atom is -0.497 e. The fraction of sp³-hybridized carbons (Fsp3) is 0.350. The maximum absolute atomic E-state index is 12.2. The number of nitrogens with one attached hydrogen (secondary N) is 1. The Morgan fingerprint density at radius 2 is 1.60 bits per heavy atom. The van der Waals surface area contributed by atoms with Crippen LogP contribution in [0.2, 0.25) is 0 Å². The molecule has 0 spiro atoms. The first-order chi connectivity index (χ1) is 12.0. The second-order valence-electron chi connectivity index (χ2n) is 5.97. The van der Waals surface area contributed by atoms with Crippen molar-refractivity contribution in [1.29, 1.82) is 0 Å². The Kier molecular flexibility index (Phi) is 6.69. The van der Waals surface area contributed by atoms with Crippen LogP contribution in [0.25, 0.3) is 0 Å². The second kappa shape index (κ2) is 8.97. The van der Waals surface area contributed by atoms with E-state index in [1.165, 1.54) is 0 Å². The van der Waals surface area contributed by atoms with Crippen LogP contribution in [0, 0.1) is 0 Å². The molecule has 5 nitrogen and oxygen atoms in total. The first-order valence-electron chi connectivity index (χ1n) is 8.32. The van der Waals surface area contributed by atoms with Crippen LogP contribution in [0.4, 0.5) is 0 Å². The van der Waals surface area contributed by atoms with E-state index in [0.717, 1.165) is 11.3 Å². The molecule has 0 aromatic heterocycles. The van der Waals surface area contributed by atoms with Gasteiger partial charge in [0.2, 0.25) is 0 Å². The lowest BCUT2D eigenvalue weighted by Gasteiger charge is -2.16. The number of ether oxygens (including phenoxy) is 3. The van der Waals surface area contributed by atoms with Gasteiger partial charge in [-0.25, -0.2) is 0 Å². The number of benzene rings is 2. The second-order valence-corrected chi connectivity index (χ2v) is 5.97. The van der Waals surface area contributed by atoms with Crippen molar-refractivity contribution in [2.24, 2.45) is 0 Å². The Balaban J connectivity index is 1.88. The molecular weight excluding hydrogens is 318 g/mol. The first kappa shape index (κ1) is 18.6. The van der Waals surface area contributed by atoms with Crippen molar-refractivity contribution < 1.29 is 19.0 Å². The number of amides is 1. The smallest absolute Gasteiger partial charge is 0.261 e. The quantitative estimate of drug-likeness (QED) is 0.796. The Hall–Kier alpha value is -2.69. The topological polar surface area (TPSA) is 56.8 Å². The molecule has 0 fully saturated rings. The summed E-state index contributed by atoms with van der Waals surface area (Å²) in [5.74, 6) is 1.89. The number of hydrogen-bond acceptors (Lipinski definition) is 4. The maximum atomic E-state index is 12.2. The SMILES string of the molecule is COc1cccc(OC(C)C(=O)NCc2cccc(OC(C)C)c2)c1. The number of rotatable bonds is 8. The molecular formula is C20H25NO4. The summed E-state index contributed by atoms with van der Waals surface area (Å²) in [5, 5.41) is 2.88. The molecule has 0 radical (unpaired) electrons. The van der Waals surface area contributed by atoms with Gasteiger partial charge in [-0.3, -0.25) is 4.79 Å². The molecule has 1 N–H and O–H groups in total. The third kappa shape index (κ3) is 6.03. The van der Waals surface area contributed by atoms with Crippen molar-refractivity contribution in [3.05, 3.63) is 54.1 Å². The number of methoxy groups -OCH3 is 1. The largest absolute Gasteiger partial charge is 0.497 e. The van der Waals surface area contributed by atoms with Crippen LogP contribution >= 0.6 is 0 Å². The monoisotopic (exact) mass is 343 g/mol. The highest BCUT2D eigenvalue weighted by atomic mass is 16.5. The Bertz CT molecular complexity index is 700. The van der Waals surface area contributed by atoms with Crippen LogP contribution in [-0.2, 0) is 11.3 Å². The highest BCUT2D eigenvalue weighted by molar-refractivity contribution is 5.80. The molecule has 0 bridgehead atoms. The van der Waals surface area contributed by atoms with Gasteiger partial charge in [0, 0.05) is 12.6 Å². The summed E-state index contributed by atoms with van der Waals surface area (Å²) in [6, 6.07) is 14.9. The van der Waals surface area contributed by atoms with Gasteiger partial charge in [0.25, 0.3) is 5.91 Å². The highest BCUT2D eigenvalue weighted by Crippen LogP contribution is 2.20. The molecule has 1 atom stereocenters. The summed E-state index contributed by atoms with van der Waals surface area (Å²) in [4.78, 5) is 12.2. The predicted molar refractivity (Wildman–Crippen MR) is 97.1 cm³/mol. The average Bonchev–Trinajstić information content (AvgIpc) is 2.59. The van der Waals surface area contributed by atoms with Crippen molar-refractivity contribution in [1.82, 2.24) is 5.32 Å². The molecule has 2 aromatic carbocycles. The van der Waals surface area contributed by atoms with E-state index in [0.29, 0.717) is 18.0 Å². The van der Waals surface area contributed by atoms with E-state index in [2.05, 4.69) is 5.32 Å². The van der Waals surface area contributed by atoms with Crippen LogP contribution in [-0.4, -0.2) is 25.2 Å². The summed E-state index contributed by atoms with van der Waals surface area (Å²) in [6.07, 6.45) is -0.497. The molecule has 0 heterocycles. The lowest BCUT2D eigenvalue weighted by molar-refractivity contribution is -0.127. The molecule has 134 valence electrons. The third-order valence-electron chi connectivity index (χ3n) is 3.46. The van der Waals surface area contributed by atoms with E-state index in [9.17, 15) is 4.79 Å². The van der Waals surface area contributed by atoms with Crippen LogP contribution < -0.4 is 19.5 Å². The zero-order valence-corrected chi connectivity index (χ0v) is 15.1. The molecule has 5 heteroatoms. The van der Waals surface area contributed by atoms with Crippen molar-refractivity contribution in [2.75, 3.05) is 7.11 Å². The first-order valence-corrected chi connectivity index (χ1v) is 8.32. The van der Waals surface area contributed by atoms with Gasteiger partial charge in [-0.05, 0) is 50.6 Å². The van der Waals surface area contributed by atoms with E-state index < -0.39 is 6.10 Å². The highest BCUT2D eigenvalue weighted by Gasteiger charge is 2.14. The van der Waals surface area contributed by atoms with Gasteiger partial charge >= 0.3 is 0 Å². The molecule has 2 aromatic rings. The molecule has 2 rings (SSSR count). The lowest BCUT2D eigenvalue weighted by atomic mass is 10.2. The van der Waals surface area contributed by atoms with E-state index in [1.54, 1.807) is 26.2 Å². The Labute approximate surface area is 148 Å². The average molecular weight is 343 g/mol. The molecule has 1 unspecified atom stereocenters. The predicted octanol–water partition coefficient (Wildman–Crippen LogP) is 3.57. The van der Waals surface area contributed by atoms with Crippen molar-refractivity contribution in [3.8, 4) is 17.2 Å². The number of carbonyl (C=O) groups excluding carboxylic acids is 1. The molecule has 0 aliphatic heterocycles. The van der Waals surface area contributed by atoms with Crippen molar-refractivity contribution >= 4 is 5.91 Å². The summed E-state index contributed by atoms with van der Waals surface area (Å²) in [7, 11) is 1.59. The summed E-state index contributed by atoms with van der Waals surface area (Å²) in [6.45, 7) is 6.09. The van der Waals surface area contributed by atoms with Gasteiger partial charge in [-0.15, -0.1) is 0 Å². The minimum atomic E-state index is -0.609. The molecule has 1 amide bonds. The van der Waals surface area contributed by atoms with Crippen LogP contribution in [0.3, 0.4) is 0 Å². The fourth-order valence-electron chi connectivity index (χ4n) is 2.27. The van der Waals surface area contributed by atoms with Gasteiger partial charge in [0.05, 0.1) is 13.2 Å². The number of hydrogen-bond donors (Lipinski definition) is 1. The van der Waals surface area contributed by atoms with Gasteiger partial charge in [-0.2, -0.15) is 0 Å². The van der Waals surface area contributed by atoms with E-state index in [1.807, 2.05) is 50.2 Å². The van der Waals surface area contributed by atoms with Crippen molar-refractivity contribution in [3.63, 3.8) is 0 Å². The Morgan fingerprint density at radius 3 is 2.28 bits per heavy atom. The zero-order valence-electron chi connectivity index (χ0n) is 15.1. The third-order valence-corrected chi connectivity index (χ3v) is 3.46. The van der Waals surface area contributed by atoms with Gasteiger partial charge in [0.15, 0.2) is 6.10 Å². The Morgan fingerprint density at radius 1 is 0.960 bits per heavy atom. The summed E-state index contributed by atoms with van der Waals surface area (Å²) >= 11 is 0. The summed E-state index contributed by atoms with van der Waals surface area (Å²) < 4.78 is 16.5. The summed E-state index contributed by atoms with van der Waals surface area (Å²) in [5.41, 5.74) is 0.972. The van der Waals surface area contributed by atoms with E-state index >= 15 is 0 Å². The molecule has 0 saturated heterocycles. The maximum Gasteiger partial charge on any atom is 0.261 e. The lowest BCUT2D eigenvalue weighted by Crippen LogP contribution is -2.35. The molecule has 0 aliphatic carbocycles. The zero-order chi connectivity index (χ0) is 18.2. The van der Waals surface area contributed by atoms with Crippen molar-refractivity contribution in [2.45, 2.75) is 39.5 Å². The normalized spacial score (nSPS) is 11.7. The number of carbonyl (C=O) groups is 1. The van der Waals surface area contributed by atoms with Crippen LogP contribution in [0.15, 0.2) is 48.5 Å². The molecule has 0 aliphatic rings. The van der Waals surface area contributed by atoms with Gasteiger partial charge in [0.1, 0.15) is 17.2 Å². The van der Waals surface area contributed by atoms with E-state index in [-0.39, 0.29) is 12.0 Å². The van der Waals surface area contributed by atoms with Crippen LogP contribution in [0.5, 0.6) is 17.2 Å². The van der Waals surface area contributed by atoms with Gasteiger partial charge in [-0.1, -0.05) is 18.2 Å². The van der Waals surface area contributed by atoms with Crippen LogP contribution in [0.1, 0.15) is 26.3 Å². The van der Waals surface area contributed by atoms with Gasteiger partial charge < -0.3 is 19.5 Å². The van der Waals surface area contributed by atoms with E-state index in [4.69, 9.17) is 14.2 Å². The minimum absolute atomic E-state index is 0.112.